The van der Waals surface area contributed by atoms with Crippen molar-refractivity contribution in [2.75, 3.05) is 17.6 Å². The number of fused-ring (bicyclic) bond motifs is 1. The molecular weight excluding hydrogens is 228 g/mol. The number of aromatic nitrogens is 4. The van der Waals surface area contributed by atoms with Crippen LogP contribution in [0.4, 0.5) is 11.8 Å². The number of rotatable bonds is 3. The summed E-state index contributed by atoms with van der Waals surface area (Å²) in [5, 5.41) is 3.38. The quantitative estimate of drug-likeness (QED) is 0.767. The average Bonchev–Trinajstić information content (AvgIpc) is 2.94. The number of nitrogens with one attached hydrogen (secondary N) is 2. The first-order valence-corrected chi connectivity index (χ1v) is 6.44. The van der Waals surface area contributed by atoms with Gasteiger partial charge in [0.2, 0.25) is 5.95 Å². The van der Waals surface area contributed by atoms with Crippen molar-refractivity contribution in [1.29, 1.82) is 0 Å². The van der Waals surface area contributed by atoms with Crippen LogP contribution in [0.3, 0.4) is 0 Å². The molecule has 1 aliphatic rings. The molecule has 0 aliphatic heterocycles. The summed E-state index contributed by atoms with van der Waals surface area (Å²) in [5.74, 6) is 2.53. The highest BCUT2D eigenvalue weighted by Crippen LogP contribution is 2.31. The van der Waals surface area contributed by atoms with Gasteiger partial charge in [0.15, 0.2) is 11.5 Å². The maximum Gasteiger partial charge on any atom is 0.224 e. The molecule has 2 atom stereocenters. The Morgan fingerprint density at radius 1 is 1.44 bits per heavy atom. The molecule has 0 aromatic carbocycles. The van der Waals surface area contributed by atoms with E-state index in [0.717, 1.165) is 29.7 Å². The molecule has 6 nitrogen and oxygen atoms in total. The zero-order chi connectivity index (χ0) is 12.5. The molecule has 1 fully saturated rings. The van der Waals surface area contributed by atoms with Crippen LogP contribution in [-0.4, -0.2) is 26.5 Å². The van der Waals surface area contributed by atoms with Crippen LogP contribution in [-0.2, 0) is 0 Å². The molecule has 2 unspecified atom stereocenters. The van der Waals surface area contributed by atoms with Crippen molar-refractivity contribution in [3.63, 3.8) is 0 Å². The second-order valence-electron chi connectivity index (χ2n) is 5.08. The van der Waals surface area contributed by atoms with E-state index < -0.39 is 0 Å². The summed E-state index contributed by atoms with van der Waals surface area (Å²) in [5.41, 5.74) is 7.12. The standard InChI is InChI=1S/C12H18N6/c1-7-3-2-4-8(7)5-14-10-9-11(16-6-15-9)18-12(13)17-10/h6-8H,2-5H2,1H3,(H4,13,14,15,16,17,18). The Balaban J connectivity index is 1.79. The fraction of sp³-hybridized carbons (Fsp3) is 0.583. The van der Waals surface area contributed by atoms with Crippen LogP contribution >= 0.6 is 0 Å². The van der Waals surface area contributed by atoms with Crippen molar-refractivity contribution in [1.82, 2.24) is 19.9 Å². The molecule has 3 rings (SSSR count). The minimum absolute atomic E-state index is 0.261. The van der Waals surface area contributed by atoms with Gasteiger partial charge < -0.3 is 16.0 Å². The van der Waals surface area contributed by atoms with E-state index in [1.807, 2.05) is 0 Å². The van der Waals surface area contributed by atoms with Crippen molar-refractivity contribution in [2.45, 2.75) is 26.2 Å². The van der Waals surface area contributed by atoms with Crippen LogP contribution in [0.5, 0.6) is 0 Å². The van der Waals surface area contributed by atoms with Crippen molar-refractivity contribution in [3.05, 3.63) is 6.33 Å². The number of imidazole rings is 1. The van der Waals surface area contributed by atoms with Crippen LogP contribution in [0.25, 0.3) is 11.2 Å². The average molecular weight is 246 g/mol. The molecule has 96 valence electrons. The lowest BCUT2D eigenvalue weighted by Gasteiger charge is -2.16. The molecule has 0 bridgehead atoms. The number of nitrogens with two attached hydrogens (primary N) is 1. The predicted octanol–water partition coefficient (Wildman–Crippen LogP) is 1.78. The van der Waals surface area contributed by atoms with Gasteiger partial charge in [-0.25, -0.2) is 4.98 Å². The van der Waals surface area contributed by atoms with Gasteiger partial charge >= 0.3 is 0 Å². The van der Waals surface area contributed by atoms with E-state index in [1.54, 1.807) is 6.33 Å². The van der Waals surface area contributed by atoms with E-state index in [-0.39, 0.29) is 5.95 Å². The Bertz CT molecular complexity index is 548. The van der Waals surface area contributed by atoms with E-state index in [4.69, 9.17) is 5.73 Å². The van der Waals surface area contributed by atoms with Gasteiger partial charge in [0.25, 0.3) is 0 Å². The second kappa shape index (κ2) is 4.44. The summed E-state index contributed by atoms with van der Waals surface area (Å²) in [4.78, 5) is 15.5. The lowest BCUT2D eigenvalue weighted by molar-refractivity contribution is 0.439. The largest absolute Gasteiger partial charge is 0.368 e. The monoisotopic (exact) mass is 246 g/mol. The molecule has 2 aromatic rings. The van der Waals surface area contributed by atoms with Gasteiger partial charge in [0, 0.05) is 6.54 Å². The number of hydrogen-bond acceptors (Lipinski definition) is 5. The van der Waals surface area contributed by atoms with E-state index in [1.165, 1.54) is 19.3 Å². The van der Waals surface area contributed by atoms with Crippen molar-refractivity contribution in [3.8, 4) is 0 Å². The van der Waals surface area contributed by atoms with E-state index in [0.29, 0.717) is 5.65 Å². The number of nitrogens with zero attached hydrogens (tertiary/aromatic N) is 3. The van der Waals surface area contributed by atoms with Crippen LogP contribution in [0.15, 0.2) is 6.33 Å². The molecule has 0 spiro atoms. The molecule has 0 amide bonds. The second-order valence-corrected chi connectivity index (χ2v) is 5.08. The minimum atomic E-state index is 0.261. The zero-order valence-corrected chi connectivity index (χ0v) is 10.5. The Labute approximate surface area is 105 Å². The van der Waals surface area contributed by atoms with E-state index in [9.17, 15) is 0 Å². The highest BCUT2D eigenvalue weighted by atomic mass is 15.1. The van der Waals surface area contributed by atoms with Gasteiger partial charge in [0.05, 0.1) is 6.33 Å². The number of nitrogen functional groups attached to an aromatic ring is 1. The van der Waals surface area contributed by atoms with Gasteiger partial charge in [-0.2, -0.15) is 9.97 Å². The van der Waals surface area contributed by atoms with Gasteiger partial charge in [-0.3, -0.25) is 0 Å². The predicted molar refractivity (Wildman–Crippen MR) is 71.1 cm³/mol. The highest BCUT2D eigenvalue weighted by Gasteiger charge is 2.23. The van der Waals surface area contributed by atoms with Crippen LogP contribution in [0.2, 0.25) is 0 Å². The molecular formula is C12H18N6. The normalized spacial score (nSPS) is 23.6. The molecule has 6 heteroatoms. The third kappa shape index (κ3) is 1.98. The summed E-state index contributed by atoms with van der Waals surface area (Å²) in [6, 6.07) is 0. The fourth-order valence-electron chi connectivity index (χ4n) is 2.73. The van der Waals surface area contributed by atoms with Crippen LogP contribution < -0.4 is 11.1 Å². The van der Waals surface area contributed by atoms with Gasteiger partial charge in [-0.05, 0) is 18.3 Å². The number of anilines is 2. The third-order valence-electron chi connectivity index (χ3n) is 3.87. The molecule has 1 aliphatic carbocycles. The molecule has 4 N–H and O–H groups in total. The van der Waals surface area contributed by atoms with Crippen molar-refractivity contribution >= 4 is 22.9 Å². The summed E-state index contributed by atoms with van der Waals surface area (Å²) in [7, 11) is 0. The maximum atomic E-state index is 5.68. The molecule has 0 saturated heterocycles. The van der Waals surface area contributed by atoms with Crippen LogP contribution in [0.1, 0.15) is 26.2 Å². The molecule has 2 heterocycles. The molecule has 2 aromatic heterocycles. The number of hydrogen-bond donors (Lipinski definition) is 3. The van der Waals surface area contributed by atoms with Gasteiger partial charge in [0.1, 0.15) is 5.52 Å². The van der Waals surface area contributed by atoms with E-state index in [2.05, 4.69) is 32.2 Å². The first kappa shape index (κ1) is 11.3. The maximum absolute atomic E-state index is 5.68. The topological polar surface area (TPSA) is 92.5 Å². The lowest BCUT2D eigenvalue weighted by Crippen LogP contribution is -2.17. The lowest BCUT2D eigenvalue weighted by atomic mass is 9.98. The Kier molecular flexibility index (Phi) is 2.77. The molecule has 18 heavy (non-hydrogen) atoms. The Hall–Kier alpha value is -1.85. The van der Waals surface area contributed by atoms with Crippen LogP contribution in [0, 0.1) is 11.8 Å². The first-order chi connectivity index (χ1) is 8.74. The van der Waals surface area contributed by atoms with Crippen molar-refractivity contribution < 1.29 is 0 Å². The number of H-pyrrole nitrogens is 1. The van der Waals surface area contributed by atoms with E-state index >= 15 is 0 Å². The first-order valence-electron chi connectivity index (χ1n) is 6.44. The summed E-state index contributed by atoms with van der Waals surface area (Å²) in [6.45, 7) is 3.26. The van der Waals surface area contributed by atoms with Gasteiger partial charge in [-0.15, -0.1) is 0 Å². The van der Waals surface area contributed by atoms with Crippen molar-refractivity contribution in [2.24, 2.45) is 11.8 Å². The summed E-state index contributed by atoms with van der Waals surface area (Å²) < 4.78 is 0. The third-order valence-corrected chi connectivity index (χ3v) is 3.87. The highest BCUT2D eigenvalue weighted by molar-refractivity contribution is 5.83. The minimum Gasteiger partial charge on any atom is -0.368 e. The smallest absolute Gasteiger partial charge is 0.224 e. The SMILES string of the molecule is CC1CCCC1CNc1nc(N)nc2nc[nH]c12. The fourth-order valence-corrected chi connectivity index (χ4v) is 2.73. The molecule has 0 radical (unpaired) electrons. The van der Waals surface area contributed by atoms with Gasteiger partial charge in [-0.1, -0.05) is 19.8 Å². The molecule has 1 saturated carbocycles. The Morgan fingerprint density at radius 3 is 3.11 bits per heavy atom. The Morgan fingerprint density at radius 2 is 2.33 bits per heavy atom. The zero-order valence-electron chi connectivity index (χ0n) is 10.5. The number of aromatic amines is 1. The summed E-state index contributed by atoms with van der Waals surface area (Å²) in [6.07, 6.45) is 5.57. The summed E-state index contributed by atoms with van der Waals surface area (Å²) >= 11 is 0.